The maximum atomic E-state index is 10.3. The summed E-state index contributed by atoms with van der Waals surface area (Å²) in [7, 11) is 1.61. The van der Waals surface area contributed by atoms with E-state index >= 15 is 0 Å². The number of rotatable bonds is 4. The zero-order chi connectivity index (χ0) is 14.8. The van der Waals surface area contributed by atoms with Crippen molar-refractivity contribution in [1.82, 2.24) is 14.5 Å². The van der Waals surface area contributed by atoms with Crippen molar-refractivity contribution in [3.8, 4) is 17.3 Å². The number of methoxy groups -OCH3 is 1. The van der Waals surface area contributed by atoms with Crippen LogP contribution in [0.15, 0.2) is 36.7 Å². The molecule has 6 heteroatoms. The minimum absolute atomic E-state index is 0.112. The lowest BCUT2D eigenvalue weighted by Crippen LogP contribution is -2.00. The highest BCUT2D eigenvalue weighted by molar-refractivity contribution is 5.85. The average Bonchev–Trinajstić information content (AvgIpc) is 2.84. The Balaban J connectivity index is 2.12. The topological polar surface area (TPSA) is 72.2 Å². The highest BCUT2D eigenvalue weighted by Crippen LogP contribution is 2.30. The number of aromatic nitrogens is 3. The number of aromatic hydroxyl groups is 1. The lowest BCUT2D eigenvalue weighted by molar-refractivity contribution is 0.414. The summed E-state index contributed by atoms with van der Waals surface area (Å²) in [6.45, 7) is 2.72. The van der Waals surface area contributed by atoms with E-state index in [4.69, 9.17) is 4.74 Å². The standard InChI is InChI=1S/C15H16N4O2/c1-3-16-15-17-8-12-13(18-15)9-19(14(12)20)10-5-4-6-11(7-10)21-2/h4-9,20H,3H2,1-2H3,(H,16,18). The van der Waals surface area contributed by atoms with Gasteiger partial charge in [0.1, 0.15) is 5.75 Å². The van der Waals surface area contributed by atoms with Gasteiger partial charge in [-0.25, -0.2) is 9.97 Å². The summed E-state index contributed by atoms with van der Waals surface area (Å²) in [6, 6.07) is 7.46. The van der Waals surface area contributed by atoms with Gasteiger partial charge >= 0.3 is 0 Å². The first-order chi connectivity index (χ1) is 10.2. The van der Waals surface area contributed by atoms with Crippen molar-refractivity contribution in [3.63, 3.8) is 0 Å². The summed E-state index contributed by atoms with van der Waals surface area (Å²) in [6.07, 6.45) is 3.40. The van der Waals surface area contributed by atoms with Crippen LogP contribution < -0.4 is 10.1 Å². The molecule has 0 aliphatic heterocycles. The van der Waals surface area contributed by atoms with E-state index < -0.39 is 0 Å². The Labute approximate surface area is 122 Å². The molecule has 2 heterocycles. The van der Waals surface area contributed by atoms with Gasteiger partial charge in [0, 0.05) is 25.0 Å². The third-order valence-electron chi connectivity index (χ3n) is 3.21. The van der Waals surface area contributed by atoms with Crippen LogP contribution in [0.3, 0.4) is 0 Å². The first kappa shape index (κ1) is 13.2. The first-order valence-electron chi connectivity index (χ1n) is 6.68. The van der Waals surface area contributed by atoms with Gasteiger partial charge in [0.25, 0.3) is 0 Å². The molecule has 6 nitrogen and oxygen atoms in total. The van der Waals surface area contributed by atoms with Gasteiger partial charge in [-0.2, -0.15) is 0 Å². The fourth-order valence-electron chi connectivity index (χ4n) is 2.18. The maximum absolute atomic E-state index is 10.3. The van der Waals surface area contributed by atoms with Crippen LogP contribution in [0.2, 0.25) is 0 Å². The molecule has 2 aromatic heterocycles. The average molecular weight is 284 g/mol. The van der Waals surface area contributed by atoms with Gasteiger partial charge in [0.15, 0.2) is 0 Å². The van der Waals surface area contributed by atoms with E-state index in [0.29, 0.717) is 16.9 Å². The number of benzene rings is 1. The predicted molar refractivity (Wildman–Crippen MR) is 81.2 cm³/mol. The summed E-state index contributed by atoms with van der Waals surface area (Å²) in [5.41, 5.74) is 1.48. The van der Waals surface area contributed by atoms with Crippen molar-refractivity contribution in [2.75, 3.05) is 19.0 Å². The fourth-order valence-corrected chi connectivity index (χ4v) is 2.18. The van der Waals surface area contributed by atoms with Gasteiger partial charge in [0.05, 0.1) is 23.7 Å². The van der Waals surface area contributed by atoms with Crippen LogP contribution in [0.4, 0.5) is 5.95 Å². The predicted octanol–water partition coefficient (Wildman–Crippen LogP) is 2.57. The summed E-state index contributed by atoms with van der Waals surface area (Å²) < 4.78 is 6.87. The second-order valence-corrected chi connectivity index (χ2v) is 4.55. The van der Waals surface area contributed by atoms with Gasteiger partial charge in [0.2, 0.25) is 11.8 Å². The summed E-state index contributed by atoms with van der Waals surface area (Å²) in [4.78, 5) is 8.56. The van der Waals surface area contributed by atoms with Gasteiger partial charge in [-0.05, 0) is 19.1 Å². The molecule has 0 unspecified atom stereocenters. The molecule has 3 aromatic rings. The van der Waals surface area contributed by atoms with Gasteiger partial charge < -0.3 is 15.2 Å². The van der Waals surface area contributed by atoms with Crippen LogP contribution in [0.25, 0.3) is 16.6 Å². The van der Waals surface area contributed by atoms with Crippen molar-refractivity contribution < 1.29 is 9.84 Å². The zero-order valence-electron chi connectivity index (χ0n) is 11.9. The molecule has 0 saturated carbocycles. The van der Waals surface area contributed by atoms with Crippen LogP contribution in [-0.4, -0.2) is 33.3 Å². The van der Waals surface area contributed by atoms with Crippen molar-refractivity contribution in [3.05, 3.63) is 36.7 Å². The minimum atomic E-state index is 0.112. The van der Waals surface area contributed by atoms with E-state index in [-0.39, 0.29) is 5.88 Å². The highest BCUT2D eigenvalue weighted by atomic mass is 16.5. The summed E-state index contributed by atoms with van der Waals surface area (Å²) in [5.74, 6) is 1.39. The zero-order valence-corrected chi connectivity index (χ0v) is 11.9. The monoisotopic (exact) mass is 284 g/mol. The number of nitrogens with zero attached hydrogens (tertiary/aromatic N) is 3. The third-order valence-corrected chi connectivity index (χ3v) is 3.21. The largest absolute Gasteiger partial charge is 0.497 e. The van der Waals surface area contributed by atoms with Gasteiger partial charge in [-0.3, -0.25) is 4.57 Å². The lowest BCUT2D eigenvalue weighted by atomic mass is 10.3. The molecule has 0 bridgehead atoms. The molecule has 0 aliphatic carbocycles. The smallest absolute Gasteiger partial charge is 0.223 e. The van der Waals surface area contributed by atoms with E-state index in [0.717, 1.165) is 18.0 Å². The number of nitrogens with one attached hydrogen (secondary N) is 1. The lowest BCUT2D eigenvalue weighted by Gasteiger charge is -2.06. The number of anilines is 1. The number of hydrogen-bond acceptors (Lipinski definition) is 5. The Morgan fingerprint density at radius 1 is 1.38 bits per heavy atom. The second kappa shape index (κ2) is 5.32. The molecule has 0 atom stereocenters. The van der Waals surface area contributed by atoms with Gasteiger partial charge in [-0.1, -0.05) is 6.07 Å². The normalized spacial score (nSPS) is 10.8. The third kappa shape index (κ3) is 2.35. The molecule has 0 aliphatic rings. The quantitative estimate of drug-likeness (QED) is 0.770. The minimum Gasteiger partial charge on any atom is -0.497 e. The van der Waals surface area contributed by atoms with Crippen LogP contribution in [0.1, 0.15) is 6.92 Å². The van der Waals surface area contributed by atoms with Crippen molar-refractivity contribution in [1.29, 1.82) is 0 Å². The Hall–Kier alpha value is -2.76. The molecule has 3 rings (SSSR count). The van der Waals surface area contributed by atoms with Crippen LogP contribution in [0, 0.1) is 0 Å². The number of hydrogen-bond donors (Lipinski definition) is 2. The van der Waals surface area contributed by atoms with Crippen molar-refractivity contribution >= 4 is 16.9 Å². The molecule has 108 valence electrons. The maximum Gasteiger partial charge on any atom is 0.223 e. The number of ether oxygens (including phenoxy) is 1. The molecule has 1 aromatic carbocycles. The van der Waals surface area contributed by atoms with E-state index in [1.54, 1.807) is 24.1 Å². The van der Waals surface area contributed by atoms with Gasteiger partial charge in [-0.15, -0.1) is 0 Å². The van der Waals surface area contributed by atoms with E-state index in [2.05, 4.69) is 15.3 Å². The summed E-state index contributed by atoms with van der Waals surface area (Å²) >= 11 is 0. The van der Waals surface area contributed by atoms with Crippen molar-refractivity contribution in [2.24, 2.45) is 0 Å². The molecule has 0 saturated heterocycles. The molecular weight excluding hydrogens is 268 g/mol. The molecule has 0 spiro atoms. The second-order valence-electron chi connectivity index (χ2n) is 4.55. The Morgan fingerprint density at radius 2 is 2.24 bits per heavy atom. The highest BCUT2D eigenvalue weighted by Gasteiger charge is 2.12. The molecular formula is C15H16N4O2. The SMILES string of the molecule is CCNc1ncc2c(O)n(-c3cccc(OC)c3)cc2n1. The van der Waals surface area contributed by atoms with E-state index in [1.807, 2.05) is 31.2 Å². The van der Waals surface area contributed by atoms with E-state index in [1.165, 1.54) is 0 Å². The molecule has 0 fully saturated rings. The van der Waals surface area contributed by atoms with Crippen LogP contribution in [0.5, 0.6) is 11.6 Å². The Bertz CT molecular complexity index is 782. The first-order valence-corrected chi connectivity index (χ1v) is 6.68. The van der Waals surface area contributed by atoms with Crippen LogP contribution >= 0.6 is 0 Å². The van der Waals surface area contributed by atoms with Crippen molar-refractivity contribution in [2.45, 2.75) is 6.92 Å². The molecule has 0 radical (unpaired) electrons. The van der Waals surface area contributed by atoms with E-state index in [9.17, 15) is 5.11 Å². The summed E-state index contributed by atoms with van der Waals surface area (Å²) in [5, 5.41) is 14.0. The number of fused-ring (bicyclic) bond motifs is 1. The van der Waals surface area contributed by atoms with Crippen LogP contribution in [-0.2, 0) is 0 Å². The Kier molecular flexibility index (Phi) is 3.35. The molecule has 21 heavy (non-hydrogen) atoms. The Morgan fingerprint density at radius 3 is 3.00 bits per heavy atom. The molecule has 2 N–H and O–H groups in total. The molecule has 0 amide bonds. The fraction of sp³-hybridized carbons (Fsp3) is 0.200.